The standard InChI is InChI=1S/C22H14F2N4O2/c1-29-13-5-6-25-19(8-13)12-7-15-16(10-27-22(15)26-9-12)21-17(11-28-30-21)14-3-2-4-18(23)20(14)24/h2-11H,1H3,(H,26,27). The average Bonchev–Trinajstić information content (AvgIpc) is 3.42. The largest absolute Gasteiger partial charge is 0.497 e. The predicted molar refractivity (Wildman–Crippen MR) is 107 cm³/mol. The molecule has 0 saturated heterocycles. The zero-order valence-electron chi connectivity index (χ0n) is 15.7. The van der Waals surface area contributed by atoms with Crippen LogP contribution in [0.3, 0.4) is 0 Å². The van der Waals surface area contributed by atoms with E-state index < -0.39 is 11.6 Å². The number of benzene rings is 1. The highest BCUT2D eigenvalue weighted by molar-refractivity contribution is 5.97. The van der Waals surface area contributed by atoms with Crippen LogP contribution in [0.5, 0.6) is 5.75 Å². The number of H-pyrrole nitrogens is 1. The van der Waals surface area contributed by atoms with Gasteiger partial charge in [0.25, 0.3) is 0 Å². The highest BCUT2D eigenvalue weighted by Crippen LogP contribution is 2.38. The van der Waals surface area contributed by atoms with E-state index in [9.17, 15) is 8.78 Å². The number of ether oxygens (including phenoxy) is 1. The van der Waals surface area contributed by atoms with Gasteiger partial charge in [-0.15, -0.1) is 0 Å². The minimum atomic E-state index is -0.957. The van der Waals surface area contributed by atoms with E-state index in [4.69, 9.17) is 9.26 Å². The fourth-order valence-corrected chi connectivity index (χ4v) is 3.36. The van der Waals surface area contributed by atoms with Crippen molar-refractivity contribution in [2.45, 2.75) is 0 Å². The van der Waals surface area contributed by atoms with Crippen molar-refractivity contribution < 1.29 is 18.0 Å². The van der Waals surface area contributed by atoms with Gasteiger partial charge in [-0.2, -0.15) is 0 Å². The predicted octanol–water partition coefficient (Wildman–Crippen LogP) is 5.23. The van der Waals surface area contributed by atoms with Gasteiger partial charge in [-0.1, -0.05) is 17.3 Å². The molecule has 4 aromatic heterocycles. The second-order valence-corrected chi connectivity index (χ2v) is 6.57. The fraction of sp³-hybridized carbons (Fsp3) is 0.0455. The normalized spacial score (nSPS) is 11.2. The summed E-state index contributed by atoms with van der Waals surface area (Å²) < 4.78 is 38.8. The Bertz CT molecular complexity index is 1380. The first-order valence-corrected chi connectivity index (χ1v) is 9.02. The van der Waals surface area contributed by atoms with Crippen molar-refractivity contribution in [3.8, 4) is 39.5 Å². The lowest BCUT2D eigenvalue weighted by Gasteiger charge is -2.05. The second-order valence-electron chi connectivity index (χ2n) is 6.57. The maximum absolute atomic E-state index is 14.4. The quantitative estimate of drug-likeness (QED) is 0.444. The SMILES string of the molecule is COc1ccnc(-c2cnc3[nH]cc(-c4oncc4-c4cccc(F)c4F)c3c2)c1. The van der Waals surface area contributed by atoms with E-state index in [1.807, 2.05) is 6.07 Å². The molecule has 5 aromatic rings. The van der Waals surface area contributed by atoms with E-state index in [0.717, 1.165) is 17.0 Å². The van der Waals surface area contributed by atoms with Crippen LogP contribution in [0.2, 0.25) is 0 Å². The molecule has 0 amide bonds. The van der Waals surface area contributed by atoms with E-state index in [1.54, 1.807) is 37.8 Å². The molecule has 0 aliphatic heterocycles. The lowest BCUT2D eigenvalue weighted by atomic mass is 10.0. The molecule has 4 heterocycles. The number of aromatic nitrogens is 4. The highest BCUT2D eigenvalue weighted by atomic mass is 19.2. The van der Waals surface area contributed by atoms with Crippen LogP contribution in [0.25, 0.3) is 44.7 Å². The molecule has 1 aromatic carbocycles. The average molecular weight is 404 g/mol. The summed E-state index contributed by atoms with van der Waals surface area (Å²) in [5.41, 5.74) is 3.10. The maximum atomic E-state index is 14.4. The van der Waals surface area contributed by atoms with E-state index in [2.05, 4.69) is 20.1 Å². The number of nitrogens with one attached hydrogen (secondary N) is 1. The van der Waals surface area contributed by atoms with Crippen molar-refractivity contribution in [1.29, 1.82) is 0 Å². The van der Waals surface area contributed by atoms with Gasteiger partial charge in [0.2, 0.25) is 0 Å². The molecule has 5 rings (SSSR count). The Morgan fingerprint density at radius 1 is 1.00 bits per heavy atom. The summed E-state index contributed by atoms with van der Waals surface area (Å²) >= 11 is 0. The number of hydrogen-bond acceptors (Lipinski definition) is 5. The third-order valence-electron chi connectivity index (χ3n) is 4.85. The molecule has 0 radical (unpaired) electrons. The summed E-state index contributed by atoms with van der Waals surface area (Å²) in [6.45, 7) is 0. The van der Waals surface area contributed by atoms with Gasteiger partial charge >= 0.3 is 0 Å². The van der Waals surface area contributed by atoms with Crippen LogP contribution < -0.4 is 4.74 Å². The summed E-state index contributed by atoms with van der Waals surface area (Å²) in [4.78, 5) is 11.9. The molecule has 0 fully saturated rings. The molecule has 0 unspecified atom stereocenters. The van der Waals surface area contributed by atoms with Gasteiger partial charge < -0.3 is 14.2 Å². The smallest absolute Gasteiger partial charge is 0.176 e. The van der Waals surface area contributed by atoms with Crippen LogP contribution in [0.15, 0.2) is 65.7 Å². The first-order valence-electron chi connectivity index (χ1n) is 9.02. The van der Waals surface area contributed by atoms with Crippen molar-refractivity contribution in [2.75, 3.05) is 7.11 Å². The summed E-state index contributed by atoms with van der Waals surface area (Å²) in [7, 11) is 1.59. The number of aromatic amines is 1. The van der Waals surface area contributed by atoms with Gasteiger partial charge in [-0.25, -0.2) is 13.8 Å². The van der Waals surface area contributed by atoms with Crippen LogP contribution in [0.1, 0.15) is 0 Å². The zero-order valence-corrected chi connectivity index (χ0v) is 15.7. The number of rotatable bonds is 4. The Morgan fingerprint density at radius 3 is 2.77 bits per heavy atom. The third-order valence-corrected chi connectivity index (χ3v) is 4.85. The van der Waals surface area contributed by atoms with E-state index in [-0.39, 0.29) is 5.56 Å². The summed E-state index contributed by atoms with van der Waals surface area (Å²) in [6, 6.07) is 9.43. The topological polar surface area (TPSA) is 76.8 Å². The number of nitrogens with zero attached hydrogens (tertiary/aromatic N) is 3. The Kier molecular flexibility index (Phi) is 4.24. The van der Waals surface area contributed by atoms with Gasteiger partial charge in [-0.05, 0) is 18.2 Å². The lowest BCUT2D eigenvalue weighted by Crippen LogP contribution is -1.90. The Balaban J connectivity index is 1.66. The van der Waals surface area contributed by atoms with Crippen molar-refractivity contribution in [1.82, 2.24) is 20.1 Å². The third kappa shape index (κ3) is 2.89. The molecule has 0 spiro atoms. The van der Waals surface area contributed by atoms with Crippen LogP contribution in [0.4, 0.5) is 8.78 Å². The molecule has 0 aliphatic rings. The molecule has 0 bridgehead atoms. The van der Waals surface area contributed by atoms with Crippen LogP contribution in [-0.4, -0.2) is 27.2 Å². The van der Waals surface area contributed by atoms with Crippen molar-refractivity contribution >= 4 is 11.0 Å². The summed E-state index contributed by atoms with van der Waals surface area (Å²) in [5.74, 6) is -0.912. The van der Waals surface area contributed by atoms with Crippen molar-refractivity contribution in [3.63, 3.8) is 0 Å². The van der Waals surface area contributed by atoms with E-state index in [1.165, 1.54) is 18.3 Å². The van der Waals surface area contributed by atoms with Crippen LogP contribution >= 0.6 is 0 Å². The highest BCUT2D eigenvalue weighted by Gasteiger charge is 2.21. The van der Waals surface area contributed by atoms with Crippen LogP contribution in [0, 0.1) is 11.6 Å². The molecule has 0 saturated carbocycles. The Hall–Kier alpha value is -4.07. The van der Waals surface area contributed by atoms with Gasteiger partial charge in [0.1, 0.15) is 11.4 Å². The molecule has 6 nitrogen and oxygen atoms in total. The fourth-order valence-electron chi connectivity index (χ4n) is 3.36. The van der Waals surface area contributed by atoms with Gasteiger partial charge in [0, 0.05) is 46.7 Å². The molecule has 30 heavy (non-hydrogen) atoms. The minimum Gasteiger partial charge on any atom is -0.497 e. The van der Waals surface area contributed by atoms with E-state index >= 15 is 0 Å². The number of hydrogen-bond donors (Lipinski definition) is 1. The van der Waals surface area contributed by atoms with Gasteiger partial charge in [0.05, 0.1) is 24.6 Å². The van der Waals surface area contributed by atoms with Crippen molar-refractivity contribution in [2.24, 2.45) is 0 Å². The number of halogens is 2. The first-order chi connectivity index (χ1) is 14.7. The second kappa shape index (κ2) is 7.07. The van der Waals surface area contributed by atoms with Crippen LogP contribution in [-0.2, 0) is 0 Å². The monoisotopic (exact) mass is 404 g/mol. The molecule has 1 N–H and O–H groups in total. The van der Waals surface area contributed by atoms with Gasteiger partial charge in [0.15, 0.2) is 17.4 Å². The molecular formula is C22H14F2N4O2. The molecule has 8 heteroatoms. The Morgan fingerprint density at radius 2 is 1.90 bits per heavy atom. The maximum Gasteiger partial charge on any atom is 0.176 e. The summed E-state index contributed by atoms with van der Waals surface area (Å²) in [6.07, 6.45) is 6.41. The molecule has 0 atom stereocenters. The number of methoxy groups -OCH3 is 1. The minimum absolute atomic E-state index is 0.0687. The summed E-state index contributed by atoms with van der Waals surface area (Å²) in [5, 5.41) is 4.54. The molecule has 148 valence electrons. The first kappa shape index (κ1) is 18.0. The van der Waals surface area contributed by atoms with E-state index in [0.29, 0.717) is 34.0 Å². The number of fused-ring (bicyclic) bond motifs is 1. The van der Waals surface area contributed by atoms with Crippen molar-refractivity contribution in [3.05, 3.63) is 72.8 Å². The molecular weight excluding hydrogens is 390 g/mol. The zero-order chi connectivity index (χ0) is 20.7. The molecule has 0 aliphatic carbocycles. The number of pyridine rings is 2. The van der Waals surface area contributed by atoms with Gasteiger partial charge in [-0.3, -0.25) is 4.98 Å². The lowest BCUT2D eigenvalue weighted by molar-refractivity contribution is 0.414. The Labute approximate surface area is 169 Å².